The van der Waals surface area contributed by atoms with E-state index in [-0.39, 0.29) is 226 Å². The number of halogens is 7. The number of aromatic nitrogens is 18. The molecular weight excluding hydrogens is 2280 g/mol. The van der Waals surface area contributed by atoms with Crippen molar-refractivity contribution in [2.24, 2.45) is 21.7 Å². The predicted molar refractivity (Wildman–Crippen MR) is 576 cm³/mol. The Morgan fingerprint density at radius 3 is 0.967 bits per heavy atom. The van der Waals surface area contributed by atoms with Gasteiger partial charge in [-0.2, -0.15) is 0 Å². The van der Waals surface area contributed by atoms with Gasteiger partial charge in [-0.15, -0.1) is 57.8 Å². The van der Waals surface area contributed by atoms with Crippen LogP contribution in [0.3, 0.4) is 0 Å². The van der Waals surface area contributed by atoms with Crippen molar-refractivity contribution in [3.63, 3.8) is 0 Å². The largest absolute Gasteiger partial charge is 1.00 e. The molecule has 0 aliphatic heterocycles. The first-order valence-corrected chi connectivity index (χ1v) is 49.5. The zero-order chi connectivity index (χ0) is 104. The van der Waals surface area contributed by atoms with Gasteiger partial charge in [-0.3, -0.25) is 59.0 Å². The molecule has 0 atom stereocenters. The smallest absolute Gasteiger partial charge is 0.859 e. The van der Waals surface area contributed by atoms with Crippen LogP contribution in [0.4, 0.5) is 8.78 Å². The van der Waals surface area contributed by atoms with Gasteiger partial charge >= 0.3 is 111 Å². The molecule has 0 fully saturated rings. The summed E-state index contributed by atoms with van der Waals surface area (Å²) in [6.45, 7) is 16.1. The fourth-order valence-electron chi connectivity index (χ4n) is 9.06. The van der Waals surface area contributed by atoms with Crippen LogP contribution >= 0.6 is 113 Å². The van der Waals surface area contributed by atoms with Gasteiger partial charge in [0.2, 0.25) is 0 Å². The molecule has 1 amide bonds. The first kappa shape index (κ1) is 154. The molecule has 45 nitrogen and oxygen atoms in total. The molecule has 800 valence electrons. The van der Waals surface area contributed by atoms with E-state index in [1.165, 1.54) is 112 Å². The number of methoxy groups -OCH3 is 2. The second-order valence-corrected chi connectivity index (χ2v) is 39.0. The third kappa shape index (κ3) is 65.1. The summed E-state index contributed by atoms with van der Waals surface area (Å²) in [5, 5.41) is 40.2. The first-order valence-electron chi connectivity index (χ1n) is 39.8. The van der Waals surface area contributed by atoms with Crippen LogP contribution in [-0.2, 0) is 72.1 Å². The number of nitrogens with zero attached hydrogens (tertiary/aromatic N) is 27. The number of carboxylic acid groups (broad SMARTS) is 3. The van der Waals surface area contributed by atoms with Gasteiger partial charge in [0.1, 0.15) is 28.7 Å². The Bertz CT molecular complexity index is 6300. The number of ether oxygens (including phenoxy) is 2. The number of hydrogen-bond donors (Lipinski definition) is 6. The third-order valence-corrected chi connectivity index (χ3v) is 21.1. The van der Waals surface area contributed by atoms with E-state index in [9.17, 15) is 56.7 Å². The number of esters is 2. The molecule has 13 rings (SSSR count). The SMILES string of the molecule is C.C.C.C.C.C.C.COC(=O)c1cnc(C)cn1.COC(=O)c1cnc(CBr)cn1.C[Si](C)(C)[O-].Cc1ncc(CCC(=O)c2cnc(CN)cn2)s1.Cc1ncc(CCC(=O)c2cnc(CN=[N+]=[N-])cn2)s1.Cc1ncc(CCC(=O)c2cnc(CNC(=O)c3cc(Cl)ccc3F)cn2)s1.Cc1ncc(CN)s1.Cl.O=C(O)c1cc(Cl)ccc1F.O=C(O)c1cnc(CBr)cn1.[K+].[N-]=[N+]=NCc1cnc(C(=O)O)cn1.[N-]=[N+]=[N-].[Na+]. The Hall–Kier alpha value is -11.3. The van der Waals surface area contributed by atoms with Crippen molar-refractivity contribution >= 4 is 174 Å². The molecule has 8 N–H and O–H groups in total. The number of carbonyl (C=O) groups excluding carboxylic acids is 6. The molecule has 59 heteroatoms. The monoisotopic (exact) mass is 2390 g/mol. The standard InChI is InChI=1S/C19H16ClFN4O2S.C12H12N6OS.C12H14N4OS.C7H7BrN2O2.C7H4ClFO2.C7H8N2O2.C6H5BrN2O2.C6H5N5O2.C5H8N2S.C3H9OSi.7CH4.ClH.K.N3.Na/c1-11-22-9-14(28-11)3-5-18(26)17-10-23-13(7-24-17)8-25-19(27)15-6-12(20)2-4-16(15)21;1-8-14-6-10(20-8)2-3-12(19)11-7-15-9(4-16-11)5-17-18-13;1-8-14-6-10(18-8)2-3-12(17)11-7-15-9(4-13)5-16-11;1-12-7(11)6-4-9-5(2-8)3-10-6;8-4-1-2-6(9)5(3-4)7(10)11;1-5-3-9-6(4-8-5)7(10)11-2;7-1-4-2-9-5(3-8-4)6(10)11;7-11-10-2-4-1-9-5(3-8-4)6(12)13;1-4-7-3-5(2-6)8-4;1-5(2,3)4;;;;;;;;;;1-3-2;/h2,4,6-7,9-10H,3,5,8H2,1H3,(H,25,27);4,6-7H,2-3,5H2,1H3;5-7H,2-4,13H2,1H3;3-4H,2H2,1H3;1-3H,(H,10,11);3-4H,1-2H3;2-3H,1H2,(H,10,11);1,3H,2H2,(H,12,13);3H,2,6H2,1H3;1-3H3;7*1H4;1H;;;/q;;;;;;;;;-1;;;;;;;;;+1;-1;+1. The van der Waals surface area contributed by atoms with Crippen LogP contribution in [-0.4, -0.2) is 181 Å². The van der Waals surface area contributed by atoms with Crippen molar-refractivity contribution in [2.45, 2.75) is 188 Å². The normalized spacial score (nSPS) is 9.19. The van der Waals surface area contributed by atoms with Gasteiger partial charge < -0.3 is 57.4 Å². The summed E-state index contributed by atoms with van der Waals surface area (Å²) >= 11 is 24.0. The summed E-state index contributed by atoms with van der Waals surface area (Å²) in [4.78, 5) is 193. The number of rotatable bonds is 28. The molecule has 13 aromatic rings. The van der Waals surface area contributed by atoms with E-state index in [4.69, 9.17) is 72.1 Å². The van der Waals surface area contributed by atoms with Crippen molar-refractivity contribution < 1.29 is 162 Å². The number of hydrogen-bond acceptors (Lipinski definition) is 38. The number of carbonyl (C=O) groups is 9. The molecule has 0 saturated heterocycles. The molecule has 0 unspecified atom stereocenters. The Morgan fingerprint density at radius 2 is 0.713 bits per heavy atom. The number of thiazole rings is 4. The molecule has 150 heavy (non-hydrogen) atoms. The van der Waals surface area contributed by atoms with Gasteiger partial charge in [-0.25, -0.2) is 87.6 Å². The number of azide groups is 2. The van der Waals surface area contributed by atoms with Crippen LogP contribution in [0.5, 0.6) is 0 Å². The van der Waals surface area contributed by atoms with Crippen molar-refractivity contribution in [1.29, 1.82) is 0 Å². The van der Waals surface area contributed by atoms with Gasteiger partial charge in [-0.1, -0.05) is 145 Å². The van der Waals surface area contributed by atoms with E-state index in [2.05, 4.69) is 156 Å². The van der Waals surface area contributed by atoms with E-state index >= 15 is 0 Å². The second kappa shape index (κ2) is 86.3. The maximum atomic E-state index is 13.7. The predicted octanol–water partition coefficient (Wildman–Crippen LogP) is 15.0. The first-order chi connectivity index (χ1) is 66.6. The summed E-state index contributed by atoms with van der Waals surface area (Å²) in [5.41, 5.74) is 45.5. The summed E-state index contributed by atoms with van der Waals surface area (Å²) < 4.78 is 35.2. The van der Waals surface area contributed by atoms with E-state index in [0.717, 1.165) is 81.0 Å². The molecule has 0 aliphatic carbocycles. The van der Waals surface area contributed by atoms with Crippen LogP contribution in [0.1, 0.15) is 245 Å². The number of alkyl halides is 2. The summed E-state index contributed by atoms with van der Waals surface area (Å²) in [6.07, 6.45) is 29.9. The minimum Gasteiger partial charge on any atom is -0.859 e. The molecule has 0 bridgehead atoms. The molecule has 0 radical (unpaired) electrons. The number of amides is 1. The Kier molecular flexibility index (Phi) is 88.6. The van der Waals surface area contributed by atoms with Gasteiger partial charge in [0, 0.05) is 126 Å². The van der Waals surface area contributed by atoms with Crippen molar-refractivity contribution in [2.75, 3.05) is 14.2 Å². The van der Waals surface area contributed by atoms with Crippen LogP contribution in [0, 0.1) is 46.3 Å². The Balaban J connectivity index is -0.000000253. The van der Waals surface area contributed by atoms with E-state index in [1.807, 2.05) is 40.1 Å². The molecule has 0 saturated carbocycles. The van der Waals surface area contributed by atoms with Gasteiger partial charge in [0.25, 0.3) is 5.91 Å². The van der Waals surface area contributed by atoms with E-state index < -0.39 is 61.3 Å². The van der Waals surface area contributed by atoms with Crippen molar-refractivity contribution in [1.82, 2.24) is 95.0 Å². The van der Waals surface area contributed by atoms with Crippen molar-refractivity contribution in [3.05, 3.63) is 337 Å². The Morgan fingerprint density at radius 1 is 0.427 bits per heavy atom. The average Bonchev–Trinajstić information content (AvgIpc) is 1.07. The number of Topliss-reactive ketones (excluding diaryl/α,β-unsaturated/α-hetero) is 3. The summed E-state index contributed by atoms with van der Waals surface area (Å²) in [7, 11) is 0.756. The minimum atomic E-state index is -1.86. The molecule has 2 aromatic carbocycles. The minimum absolute atomic E-state index is 0. The topological polar surface area (TPSA) is 708 Å². The quantitative estimate of drug-likeness (QED) is 0.00504. The molecule has 11 aromatic heterocycles. The number of carboxylic acids is 3. The summed E-state index contributed by atoms with van der Waals surface area (Å²) in [6, 6.07) is 7.13. The fraction of sp³-hybridized carbons (Fsp3) is 0.330. The maximum Gasteiger partial charge on any atom is 1.00 e. The molecular formula is C91H117Br2Cl3F2KN30NaO15S4Si. The van der Waals surface area contributed by atoms with E-state index in [1.54, 1.807) is 90.5 Å². The van der Waals surface area contributed by atoms with Crippen LogP contribution < -0.4 is 103 Å². The number of aromatic carboxylic acids is 3. The number of aryl methyl sites for hydroxylation is 8. The average molecular weight is 2390 g/mol. The third-order valence-electron chi connectivity index (χ3n) is 15.6. The zero-order valence-corrected chi connectivity index (χ0v) is 93.2. The van der Waals surface area contributed by atoms with Crippen molar-refractivity contribution in [3.8, 4) is 0 Å². The number of benzene rings is 2. The summed E-state index contributed by atoms with van der Waals surface area (Å²) in [5.74, 6) is -6.66. The van der Waals surface area contributed by atoms with Crippen LogP contribution in [0.15, 0.2) is 158 Å². The fourth-order valence-corrected chi connectivity index (χ4v) is 13.0. The molecule has 0 spiro atoms. The second-order valence-electron chi connectivity index (χ2n) is 27.5. The van der Waals surface area contributed by atoms with Crippen LogP contribution in [0.2, 0.25) is 29.7 Å². The van der Waals surface area contributed by atoms with Gasteiger partial charge in [-0.05, 0) is 101 Å². The Labute approximate surface area is 982 Å². The van der Waals surface area contributed by atoms with Crippen LogP contribution in [0.25, 0.3) is 36.9 Å². The zero-order valence-electron chi connectivity index (χ0n) is 78.3. The van der Waals surface area contributed by atoms with E-state index in [0.29, 0.717) is 96.4 Å². The number of nitrogens with one attached hydrogen (secondary N) is 1. The van der Waals surface area contributed by atoms with Gasteiger partial charge in [0.05, 0.1) is 173 Å². The van der Waals surface area contributed by atoms with Gasteiger partial charge in [0.15, 0.2) is 40.1 Å². The molecule has 11 heterocycles. The number of nitrogens with two attached hydrogens (primary N) is 2. The maximum absolute atomic E-state index is 13.7. The molecule has 0 aliphatic rings. The number of ketones is 3.